The minimum Gasteiger partial charge on any atom is -0.454 e. The van der Waals surface area contributed by atoms with Crippen LogP contribution >= 0.6 is 11.8 Å². The zero-order chi connectivity index (χ0) is 23.2. The van der Waals surface area contributed by atoms with Crippen LogP contribution in [0.5, 0.6) is 11.5 Å². The lowest BCUT2D eigenvalue weighted by atomic mass is 10.2. The molecule has 1 aromatic heterocycles. The van der Waals surface area contributed by atoms with E-state index in [0.717, 1.165) is 11.1 Å². The van der Waals surface area contributed by atoms with Crippen LogP contribution in [0.15, 0.2) is 53.7 Å². The van der Waals surface area contributed by atoms with Gasteiger partial charge in [0.25, 0.3) is 0 Å². The first-order chi connectivity index (χ1) is 16.0. The molecular weight excluding hydrogens is 442 g/mol. The van der Waals surface area contributed by atoms with Crippen molar-refractivity contribution >= 4 is 23.7 Å². The zero-order valence-corrected chi connectivity index (χ0v) is 19.2. The van der Waals surface area contributed by atoms with E-state index in [1.54, 1.807) is 0 Å². The lowest BCUT2D eigenvalue weighted by molar-refractivity contribution is -0.117. The summed E-state index contributed by atoms with van der Waals surface area (Å²) < 4.78 is 12.8. The molecule has 3 aromatic rings. The molecule has 1 aliphatic rings. The monoisotopic (exact) mass is 467 g/mol. The van der Waals surface area contributed by atoms with Crippen molar-refractivity contribution in [2.24, 2.45) is 5.92 Å². The Hall–Kier alpha value is -3.53. The predicted molar refractivity (Wildman–Crippen MR) is 124 cm³/mol. The van der Waals surface area contributed by atoms with E-state index in [0.29, 0.717) is 41.5 Å². The van der Waals surface area contributed by atoms with Crippen molar-refractivity contribution in [3.63, 3.8) is 0 Å². The Bertz CT molecular complexity index is 1130. The van der Waals surface area contributed by atoms with Gasteiger partial charge in [-0.1, -0.05) is 62.0 Å². The number of nitrogens with zero attached hydrogens (tertiary/aromatic N) is 3. The van der Waals surface area contributed by atoms with Crippen LogP contribution in [0.2, 0.25) is 0 Å². The average molecular weight is 468 g/mol. The first kappa shape index (κ1) is 22.7. The maximum Gasteiger partial charge on any atom is 0.321 e. The second-order valence-electron chi connectivity index (χ2n) is 7.89. The first-order valence-corrected chi connectivity index (χ1v) is 11.6. The first-order valence-electron chi connectivity index (χ1n) is 10.6. The number of hydrogen-bond acceptors (Lipinski definition) is 7. The molecule has 2 aromatic carbocycles. The van der Waals surface area contributed by atoms with Gasteiger partial charge in [0.15, 0.2) is 22.5 Å². The van der Waals surface area contributed by atoms with E-state index in [4.69, 9.17) is 9.47 Å². The number of urea groups is 1. The average Bonchev–Trinajstić information content (AvgIpc) is 3.43. The fourth-order valence-electron chi connectivity index (χ4n) is 3.19. The molecule has 0 unspecified atom stereocenters. The third-order valence-electron chi connectivity index (χ3n) is 4.78. The Morgan fingerprint density at radius 1 is 1.09 bits per heavy atom. The number of aromatic nitrogens is 3. The largest absolute Gasteiger partial charge is 0.454 e. The summed E-state index contributed by atoms with van der Waals surface area (Å²) in [6.45, 7) is 5.15. The molecule has 0 aliphatic carbocycles. The zero-order valence-electron chi connectivity index (χ0n) is 18.4. The highest BCUT2D eigenvalue weighted by Crippen LogP contribution is 2.33. The lowest BCUT2D eigenvalue weighted by Crippen LogP contribution is -2.41. The molecule has 3 amide bonds. The normalized spacial score (nSPS) is 12.1. The number of carbonyl (C=O) groups is 2. The number of imide groups is 1. The van der Waals surface area contributed by atoms with Crippen molar-refractivity contribution in [3.05, 3.63) is 54.1 Å². The van der Waals surface area contributed by atoms with Crippen molar-refractivity contribution in [2.75, 3.05) is 19.1 Å². The van der Waals surface area contributed by atoms with E-state index in [1.165, 1.54) is 11.8 Å². The minimum atomic E-state index is -0.499. The Kier molecular flexibility index (Phi) is 7.13. The summed E-state index contributed by atoms with van der Waals surface area (Å²) in [6, 6.07) is 15.0. The molecule has 2 N–H and O–H groups in total. The molecule has 0 fully saturated rings. The van der Waals surface area contributed by atoms with E-state index in [1.807, 2.05) is 66.9 Å². The molecule has 0 saturated heterocycles. The van der Waals surface area contributed by atoms with Crippen molar-refractivity contribution in [3.8, 4) is 22.9 Å². The van der Waals surface area contributed by atoms with E-state index in [-0.39, 0.29) is 12.5 Å². The van der Waals surface area contributed by atoms with Crippen LogP contribution in [0.1, 0.15) is 19.4 Å². The highest BCUT2D eigenvalue weighted by atomic mass is 32.2. The van der Waals surface area contributed by atoms with Crippen LogP contribution in [0.25, 0.3) is 11.4 Å². The van der Waals surface area contributed by atoms with Crippen molar-refractivity contribution < 1.29 is 19.1 Å². The van der Waals surface area contributed by atoms with Gasteiger partial charge in [0, 0.05) is 12.1 Å². The highest BCUT2D eigenvalue weighted by molar-refractivity contribution is 7.99. The van der Waals surface area contributed by atoms with Crippen LogP contribution in [0.4, 0.5) is 4.79 Å². The Balaban J connectivity index is 1.50. The summed E-state index contributed by atoms with van der Waals surface area (Å²) in [5.74, 6) is 2.02. The van der Waals surface area contributed by atoms with Gasteiger partial charge < -0.3 is 14.8 Å². The van der Waals surface area contributed by atoms with Gasteiger partial charge in [0.1, 0.15) is 0 Å². The molecule has 172 valence electrons. The van der Waals surface area contributed by atoms with Crippen LogP contribution in [-0.4, -0.2) is 45.8 Å². The molecule has 0 spiro atoms. The molecule has 1 aliphatic heterocycles. The Labute approximate surface area is 195 Å². The number of nitrogens with one attached hydrogen (secondary N) is 2. The van der Waals surface area contributed by atoms with E-state index < -0.39 is 11.9 Å². The van der Waals surface area contributed by atoms with Crippen LogP contribution in [0, 0.1) is 5.92 Å². The van der Waals surface area contributed by atoms with Crippen molar-refractivity contribution in [1.29, 1.82) is 0 Å². The van der Waals surface area contributed by atoms with Gasteiger partial charge in [0.2, 0.25) is 12.7 Å². The summed E-state index contributed by atoms with van der Waals surface area (Å²) in [7, 11) is 0. The van der Waals surface area contributed by atoms with Crippen molar-refractivity contribution in [2.45, 2.75) is 25.5 Å². The van der Waals surface area contributed by atoms with Gasteiger partial charge in [-0.25, -0.2) is 4.79 Å². The highest BCUT2D eigenvalue weighted by Gasteiger charge is 2.19. The third kappa shape index (κ3) is 5.83. The number of fused-ring (bicyclic) bond motifs is 1. The molecule has 33 heavy (non-hydrogen) atoms. The summed E-state index contributed by atoms with van der Waals surface area (Å²) >= 11 is 1.22. The second kappa shape index (κ2) is 10.4. The third-order valence-corrected chi connectivity index (χ3v) is 5.75. The molecule has 10 heteroatoms. The molecule has 2 heterocycles. The van der Waals surface area contributed by atoms with Gasteiger partial charge in [-0.05, 0) is 23.6 Å². The second-order valence-corrected chi connectivity index (χ2v) is 8.83. The summed E-state index contributed by atoms with van der Waals surface area (Å²) in [6.07, 6.45) is 0. The smallest absolute Gasteiger partial charge is 0.321 e. The van der Waals surface area contributed by atoms with Crippen LogP contribution in [0.3, 0.4) is 0 Å². The molecule has 0 bridgehead atoms. The van der Waals surface area contributed by atoms with E-state index in [9.17, 15) is 9.59 Å². The molecule has 4 rings (SSSR count). The number of hydrogen-bond donors (Lipinski definition) is 2. The topological polar surface area (TPSA) is 107 Å². The molecule has 0 radical (unpaired) electrons. The quantitative estimate of drug-likeness (QED) is 0.490. The van der Waals surface area contributed by atoms with Gasteiger partial charge in [-0.15, -0.1) is 10.2 Å². The number of thioether (sulfide) groups is 1. The van der Waals surface area contributed by atoms with Gasteiger partial charge >= 0.3 is 6.03 Å². The SMILES string of the molecule is CC(C)CNC(=O)NC(=O)CSc1nnc(-c2ccccc2)n1Cc1ccc2c(c1)OCO2. The molecular formula is C23H25N5O4S. The van der Waals surface area contributed by atoms with Gasteiger partial charge in [-0.2, -0.15) is 0 Å². The molecule has 9 nitrogen and oxygen atoms in total. The molecule has 0 atom stereocenters. The van der Waals surface area contributed by atoms with Crippen molar-refractivity contribution in [1.82, 2.24) is 25.4 Å². The number of benzene rings is 2. The summed E-state index contributed by atoms with van der Waals surface area (Å²) in [5, 5.41) is 14.3. The Morgan fingerprint density at radius 2 is 1.88 bits per heavy atom. The fraction of sp³-hybridized carbons (Fsp3) is 0.304. The van der Waals surface area contributed by atoms with E-state index in [2.05, 4.69) is 20.8 Å². The van der Waals surface area contributed by atoms with Gasteiger partial charge in [0.05, 0.1) is 12.3 Å². The number of ether oxygens (including phenoxy) is 2. The number of amides is 3. The van der Waals surface area contributed by atoms with Crippen LogP contribution < -0.4 is 20.1 Å². The number of rotatable bonds is 8. The fourth-order valence-corrected chi connectivity index (χ4v) is 3.93. The molecule has 0 saturated carbocycles. The maximum absolute atomic E-state index is 12.3. The number of carbonyl (C=O) groups excluding carboxylic acids is 2. The Morgan fingerprint density at radius 3 is 2.67 bits per heavy atom. The van der Waals surface area contributed by atoms with E-state index >= 15 is 0 Å². The lowest BCUT2D eigenvalue weighted by Gasteiger charge is -2.11. The summed E-state index contributed by atoms with van der Waals surface area (Å²) in [5.41, 5.74) is 1.89. The minimum absolute atomic E-state index is 0.0309. The maximum atomic E-state index is 12.3. The standard InChI is InChI=1S/C23H25N5O4S/c1-15(2)11-24-22(30)25-20(29)13-33-23-27-26-21(17-6-4-3-5-7-17)28(23)12-16-8-9-18-19(10-16)32-14-31-18/h3-10,15H,11-14H2,1-2H3,(H2,24,25,29,30). The predicted octanol–water partition coefficient (Wildman–Crippen LogP) is 3.30. The summed E-state index contributed by atoms with van der Waals surface area (Å²) in [4.78, 5) is 24.1. The van der Waals surface area contributed by atoms with Crippen LogP contribution in [-0.2, 0) is 11.3 Å². The van der Waals surface area contributed by atoms with Gasteiger partial charge in [-0.3, -0.25) is 14.7 Å².